The van der Waals surface area contributed by atoms with E-state index in [9.17, 15) is 0 Å². The van der Waals surface area contributed by atoms with Crippen LogP contribution in [0.4, 0.5) is 0 Å². The molecule has 0 spiro atoms. The average Bonchev–Trinajstić information content (AvgIpc) is 2.84. The van der Waals surface area contributed by atoms with Gasteiger partial charge in [-0.25, -0.2) is 4.98 Å². The first-order valence-corrected chi connectivity index (χ1v) is 6.73. The number of hydrogen-bond donors (Lipinski definition) is 1. The average molecular weight is 247 g/mol. The Morgan fingerprint density at radius 3 is 3.00 bits per heavy atom. The van der Waals surface area contributed by atoms with Gasteiger partial charge in [0.25, 0.3) is 0 Å². The molecule has 0 saturated heterocycles. The number of pyridine rings is 1. The van der Waals surface area contributed by atoms with Gasteiger partial charge in [-0.05, 0) is 31.0 Å². The summed E-state index contributed by atoms with van der Waals surface area (Å²) < 4.78 is 0. The van der Waals surface area contributed by atoms with Crippen molar-refractivity contribution in [3.05, 3.63) is 46.2 Å². The summed E-state index contributed by atoms with van der Waals surface area (Å²) in [5, 5.41) is 4.65. The van der Waals surface area contributed by atoms with E-state index in [0.29, 0.717) is 0 Å². The molecule has 1 N–H and O–H groups in total. The molecule has 0 aromatic carbocycles. The fraction of sp³-hybridized carbons (Fsp3) is 0.385. The Bertz CT molecular complexity index is 439. The molecule has 0 bridgehead atoms. The third-order valence-corrected chi connectivity index (χ3v) is 3.66. The van der Waals surface area contributed by atoms with Crippen molar-refractivity contribution >= 4 is 11.3 Å². The monoisotopic (exact) mass is 247 g/mol. The Labute approximate surface area is 106 Å². The molecule has 0 aliphatic rings. The van der Waals surface area contributed by atoms with E-state index in [-0.39, 0.29) is 0 Å². The summed E-state index contributed by atoms with van der Waals surface area (Å²) in [7, 11) is 0. The van der Waals surface area contributed by atoms with Crippen LogP contribution in [0, 0.1) is 0 Å². The van der Waals surface area contributed by atoms with Crippen molar-refractivity contribution in [2.75, 3.05) is 6.54 Å². The minimum Gasteiger partial charge on any atom is -0.311 e. The highest BCUT2D eigenvalue weighted by atomic mass is 32.1. The Balaban J connectivity index is 1.69. The topological polar surface area (TPSA) is 37.8 Å². The van der Waals surface area contributed by atoms with E-state index in [1.165, 1.54) is 15.4 Å². The van der Waals surface area contributed by atoms with Gasteiger partial charge in [-0.3, -0.25) is 4.98 Å². The quantitative estimate of drug-likeness (QED) is 0.797. The zero-order valence-electron chi connectivity index (χ0n) is 10.0. The predicted molar refractivity (Wildman–Crippen MR) is 71.1 cm³/mol. The molecule has 3 nitrogen and oxygen atoms in total. The third-order valence-electron chi connectivity index (χ3n) is 2.52. The minimum atomic E-state index is 0.915. The van der Waals surface area contributed by atoms with E-state index < -0.39 is 0 Å². The molecule has 0 aliphatic carbocycles. The van der Waals surface area contributed by atoms with Crippen LogP contribution in [0.2, 0.25) is 0 Å². The SMILES string of the molecule is CCc1ncc(CNCCc2cccnc2)s1. The molecule has 2 aromatic rings. The van der Waals surface area contributed by atoms with Crippen LogP contribution >= 0.6 is 11.3 Å². The molecule has 2 rings (SSSR count). The van der Waals surface area contributed by atoms with Gasteiger partial charge in [0.1, 0.15) is 0 Å². The van der Waals surface area contributed by atoms with E-state index in [2.05, 4.69) is 28.3 Å². The number of thiazole rings is 1. The van der Waals surface area contributed by atoms with E-state index in [1.807, 2.05) is 18.5 Å². The van der Waals surface area contributed by atoms with Gasteiger partial charge in [-0.2, -0.15) is 0 Å². The fourth-order valence-electron chi connectivity index (χ4n) is 1.58. The summed E-state index contributed by atoms with van der Waals surface area (Å²) in [5.74, 6) is 0. The zero-order valence-corrected chi connectivity index (χ0v) is 10.8. The van der Waals surface area contributed by atoms with Crippen LogP contribution in [0.5, 0.6) is 0 Å². The summed E-state index contributed by atoms with van der Waals surface area (Å²) in [6.45, 7) is 4.03. The van der Waals surface area contributed by atoms with E-state index in [1.54, 1.807) is 17.5 Å². The molecule has 17 heavy (non-hydrogen) atoms. The highest BCUT2D eigenvalue weighted by Crippen LogP contribution is 2.12. The highest BCUT2D eigenvalue weighted by Gasteiger charge is 1.99. The molecule has 90 valence electrons. The molecule has 0 aliphatic heterocycles. The van der Waals surface area contributed by atoms with Crippen LogP contribution in [0.25, 0.3) is 0 Å². The van der Waals surface area contributed by atoms with Gasteiger partial charge in [-0.1, -0.05) is 13.0 Å². The molecule has 2 aromatic heterocycles. The molecule has 0 amide bonds. The molecule has 0 atom stereocenters. The molecule has 0 unspecified atom stereocenters. The van der Waals surface area contributed by atoms with Crippen molar-refractivity contribution in [3.63, 3.8) is 0 Å². The van der Waals surface area contributed by atoms with Gasteiger partial charge in [0.2, 0.25) is 0 Å². The molecule has 2 heterocycles. The lowest BCUT2D eigenvalue weighted by Gasteiger charge is -2.02. The van der Waals surface area contributed by atoms with Crippen molar-refractivity contribution in [2.24, 2.45) is 0 Å². The molecular formula is C13H17N3S. The Kier molecular flexibility index (Phi) is 4.64. The lowest BCUT2D eigenvalue weighted by molar-refractivity contribution is 0.692. The molecule has 0 radical (unpaired) electrons. The van der Waals surface area contributed by atoms with E-state index in [0.717, 1.165) is 25.9 Å². The number of rotatable bonds is 6. The summed E-state index contributed by atoms with van der Waals surface area (Å²) in [6, 6.07) is 4.09. The second-order valence-electron chi connectivity index (χ2n) is 3.86. The van der Waals surface area contributed by atoms with E-state index in [4.69, 9.17) is 0 Å². The molecule has 0 saturated carbocycles. The maximum atomic E-state index is 4.34. The number of nitrogens with one attached hydrogen (secondary N) is 1. The van der Waals surface area contributed by atoms with Crippen LogP contribution in [0.1, 0.15) is 22.4 Å². The fourth-order valence-corrected chi connectivity index (χ4v) is 2.42. The Hall–Kier alpha value is -1.26. The second kappa shape index (κ2) is 6.47. The summed E-state index contributed by atoms with van der Waals surface area (Å²) >= 11 is 1.79. The Morgan fingerprint density at radius 2 is 2.29 bits per heavy atom. The zero-order chi connectivity index (χ0) is 11.9. The Morgan fingerprint density at radius 1 is 1.35 bits per heavy atom. The summed E-state index contributed by atoms with van der Waals surface area (Å²) in [5.41, 5.74) is 1.28. The van der Waals surface area contributed by atoms with Crippen molar-refractivity contribution in [2.45, 2.75) is 26.3 Å². The van der Waals surface area contributed by atoms with Crippen molar-refractivity contribution in [3.8, 4) is 0 Å². The van der Waals surface area contributed by atoms with Gasteiger partial charge in [0, 0.05) is 30.0 Å². The number of aryl methyl sites for hydroxylation is 1. The van der Waals surface area contributed by atoms with Crippen LogP contribution in [-0.2, 0) is 19.4 Å². The first kappa shape index (κ1) is 12.2. The number of aromatic nitrogens is 2. The predicted octanol–water partition coefficient (Wildman–Crippen LogP) is 2.43. The maximum absolute atomic E-state index is 4.34. The van der Waals surface area contributed by atoms with Crippen molar-refractivity contribution < 1.29 is 0 Å². The molecule has 0 fully saturated rings. The van der Waals surface area contributed by atoms with Gasteiger partial charge >= 0.3 is 0 Å². The first-order valence-electron chi connectivity index (χ1n) is 5.91. The highest BCUT2D eigenvalue weighted by molar-refractivity contribution is 7.11. The molecular weight excluding hydrogens is 230 g/mol. The summed E-state index contributed by atoms with van der Waals surface area (Å²) in [6.07, 6.45) is 7.75. The standard InChI is InChI=1S/C13H17N3S/c1-2-13-16-10-12(17-13)9-15-7-5-11-4-3-6-14-8-11/h3-4,6,8,10,15H,2,5,7,9H2,1H3. The van der Waals surface area contributed by atoms with Gasteiger partial charge < -0.3 is 5.32 Å². The maximum Gasteiger partial charge on any atom is 0.0925 e. The van der Waals surface area contributed by atoms with Crippen LogP contribution < -0.4 is 5.32 Å². The van der Waals surface area contributed by atoms with Crippen molar-refractivity contribution in [1.29, 1.82) is 0 Å². The van der Waals surface area contributed by atoms with Crippen LogP contribution in [0.3, 0.4) is 0 Å². The molecule has 4 heteroatoms. The smallest absolute Gasteiger partial charge is 0.0925 e. The second-order valence-corrected chi connectivity index (χ2v) is 5.06. The normalized spacial score (nSPS) is 10.6. The van der Waals surface area contributed by atoms with E-state index >= 15 is 0 Å². The number of nitrogens with zero attached hydrogens (tertiary/aromatic N) is 2. The largest absolute Gasteiger partial charge is 0.311 e. The minimum absolute atomic E-state index is 0.915. The first-order chi connectivity index (χ1) is 8.38. The van der Waals surface area contributed by atoms with Crippen LogP contribution in [-0.4, -0.2) is 16.5 Å². The van der Waals surface area contributed by atoms with Crippen LogP contribution in [0.15, 0.2) is 30.7 Å². The van der Waals surface area contributed by atoms with Gasteiger partial charge in [-0.15, -0.1) is 11.3 Å². The number of hydrogen-bond acceptors (Lipinski definition) is 4. The lowest BCUT2D eigenvalue weighted by Crippen LogP contribution is -2.15. The van der Waals surface area contributed by atoms with Gasteiger partial charge in [0.05, 0.1) is 5.01 Å². The third kappa shape index (κ3) is 3.91. The van der Waals surface area contributed by atoms with Gasteiger partial charge in [0.15, 0.2) is 0 Å². The summed E-state index contributed by atoms with van der Waals surface area (Å²) in [4.78, 5) is 9.75. The van der Waals surface area contributed by atoms with Crippen molar-refractivity contribution in [1.82, 2.24) is 15.3 Å². The lowest BCUT2D eigenvalue weighted by atomic mass is 10.2.